The second kappa shape index (κ2) is 8.11. The lowest BCUT2D eigenvalue weighted by Crippen LogP contribution is -2.55. The number of guanidine groups is 1. The maximum absolute atomic E-state index is 4.55. The van der Waals surface area contributed by atoms with Gasteiger partial charge in [0.25, 0.3) is 0 Å². The summed E-state index contributed by atoms with van der Waals surface area (Å²) < 4.78 is 0. The summed E-state index contributed by atoms with van der Waals surface area (Å²) in [4.78, 5) is 13.6. The Hall–Kier alpha value is -1.14. The highest BCUT2D eigenvalue weighted by Gasteiger charge is 2.34. The molecule has 1 heterocycles. The molecule has 0 spiro atoms. The van der Waals surface area contributed by atoms with Crippen molar-refractivity contribution in [3.05, 3.63) is 16.1 Å². The van der Waals surface area contributed by atoms with Crippen molar-refractivity contribution in [2.75, 3.05) is 34.7 Å². The first-order chi connectivity index (χ1) is 11.0. The molecule has 23 heavy (non-hydrogen) atoms. The number of hydrogen-bond donors (Lipinski definition) is 1. The van der Waals surface area contributed by atoms with Crippen molar-refractivity contribution in [1.82, 2.24) is 20.1 Å². The Bertz CT molecular complexity index is 517. The van der Waals surface area contributed by atoms with Gasteiger partial charge >= 0.3 is 0 Å². The maximum Gasteiger partial charge on any atom is 0.193 e. The van der Waals surface area contributed by atoms with E-state index in [1.807, 2.05) is 14.0 Å². The van der Waals surface area contributed by atoms with Crippen LogP contribution in [-0.2, 0) is 6.54 Å². The number of likely N-dealkylation sites (N-methyl/N-ethyl adjacent to an activating group) is 1. The van der Waals surface area contributed by atoms with Gasteiger partial charge in [0.2, 0.25) is 0 Å². The Morgan fingerprint density at radius 1 is 1.30 bits per heavy atom. The molecule has 0 saturated heterocycles. The summed E-state index contributed by atoms with van der Waals surface area (Å²) in [6.07, 6.45) is 6.55. The highest BCUT2D eigenvalue weighted by atomic mass is 32.1. The molecule has 2 rings (SSSR count). The molecule has 0 atom stereocenters. The molecule has 0 amide bonds. The first-order valence-electron chi connectivity index (χ1n) is 8.47. The van der Waals surface area contributed by atoms with Gasteiger partial charge < -0.3 is 15.1 Å². The van der Waals surface area contributed by atoms with E-state index in [-0.39, 0.29) is 5.54 Å². The zero-order valence-corrected chi connectivity index (χ0v) is 16.0. The molecule has 0 unspecified atom stereocenters. The Morgan fingerprint density at radius 2 is 2.00 bits per heavy atom. The summed E-state index contributed by atoms with van der Waals surface area (Å²) in [6, 6.07) is 0. The average Bonchev–Trinajstić information content (AvgIpc) is 2.93. The molecule has 1 saturated carbocycles. The fraction of sp³-hybridized carbons (Fsp3) is 0.765. The van der Waals surface area contributed by atoms with Crippen molar-refractivity contribution in [3.8, 4) is 0 Å². The van der Waals surface area contributed by atoms with E-state index in [0.29, 0.717) is 0 Å². The third-order valence-electron chi connectivity index (χ3n) is 4.95. The molecule has 1 aromatic rings. The van der Waals surface area contributed by atoms with Crippen LogP contribution in [0.25, 0.3) is 0 Å². The minimum atomic E-state index is 0.256. The van der Waals surface area contributed by atoms with E-state index in [9.17, 15) is 0 Å². The molecule has 0 bridgehead atoms. The number of aryl methyl sites for hydroxylation is 1. The lowest BCUT2D eigenvalue weighted by Gasteiger charge is -2.43. The quantitative estimate of drug-likeness (QED) is 0.663. The fourth-order valence-corrected chi connectivity index (χ4v) is 4.02. The highest BCUT2D eigenvalue weighted by molar-refractivity contribution is 7.09. The van der Waals surface area contributed by atoms with Crippen LogP contribution in [0.4, 0.5) is 0 Å². The number of rotatable bonds is 5. The summed E-state index contributed by atoms with van der Waals surface area (Å²) in [5, 5.41) is 6.84. The number of aliphatic imine (C=N–C) groups is 1. The SMILES string of the molecule is CN=C(NCC1(N(C)C)CCCCC1)N(C)Cc1csc(C)n1. The molecule has 5 nitrogen and oxygen atoms in total. The van der Waals surface area contributed by atoms with Crippen molar-refractivity contribution in [2.24, 2.45) is 4.99 Å². The Kier molecular flexibility index (Phi) is 6.41. The van der Waals surface area contributed by atoms with Gasteiger partial charge in [-0.3, -0.25) is 4.99 Å². The van der Waals surface area contributed by atoms with Gasteiger partial charge in [0.05, 0.1) is 17.2 Å². The predicted molar refractivity (Wildman–Crippen MR) is 99.2 cm³/mol. The maximum atomic E-state index is 4.55. The lowest BCUT2D eigenvalue weighted by molar-refractivity contribution is 0.103. The Balaban J connectivity index is 1.95. The largest absolute Gasteiger partial charge is 0.354 e. The van der Waals surface area contributed by atoms with Gasteiger partial charge in [0.15, 0.2) is 5.96 Å². The molecule has 0 aliphatic heterocycles. The van der Waals surface area contributed by atoms with E-state index in [4.69, 9.17) is 0 Å². The fourth-order valence-electron chi connectivity index (χ4n) is 3.42. The summed E-state index contributed by atoms with van der Waals surface area (Å²) in [7, 11) is 8.34. The summed E-state index contributed by atoms with van der Waals surface area (Å²) in [5.74, 6) is 0.947. The van der Waals surface area contributed by atoms with Gasteiger partial charge in [-0.1, -0.05) is 19.3 Å². The van der Waals surface area contributed by atoms with Crippen molar-refractivity contribution in [1.29, 1.82) is 0 Å². The van der Waals surface area contributed by atoms with E-state index in [1.54, 1.807) is 11.3 Å². The van der Waals surface area contributed by atoms with E-state index < -0.39 is 0 Å². The first-order valence-corrected chi connectivity index (χ1v) is 9.35. The summed E-state index contributed by atoms with van der Waals surface area (Å²) >= 11 is 1.70. The van der Waals surface area contributed by atoms with Crippen molar-refractivity contribution >= 4 is 17.3 Å². The van der Waals surface area contributed by atoms with Crippen LogP contribution in [0.3, 0.4) is 0 Å². The number of thiazole rings is 1. The van der Waals surface area contributed by atoms with Crippen LogP contribution in [-0.4, -0.2) is 61.0 Å². The molecular weight excluding hydrogens is 306 g/mol. The monoisotopic (exact) mass is 337 g/mol. The molecule has 1 aliphatic carbocycles. The second-order valence-electron chi connectivity index (χ2n) is 6.79. The van der Waals surface area contributed by atoms with Crippen LogP contribution < -0.4 is 5.32 Å². The minimum absolute atomic E-state index is 0.256. The van der Waals surface area contributed by atoms with Crippen LogP contribution in [0.2, 0.25) is 0 Å². The van der Waals surface area contributed by atoms with Gasteiger partial charge in [-0.15, -0.1) is 11.3 Å². The van der Waals surface area contributed by atoms with E-state index in [0.717, 1.165) is 29.8 Å². The summed E-state index contributed by atoms with van der Waals surface area (Å²) in [5.41, 5.74) is 1.37. The molecular formula is C17H31N5S. The van der Waals surface area contributed by atoms with E-state index >= 15 is 0 Å². The van der Waals surface area contributed by atoms with Crippen LogP contribution in [0.5, 0.6) is 0 Å². The zero-order chi connectivity index (χ0) is 16.9. The average molecular weight is 338 g/mol. The van der Waals surface area contributed by atoms with Crippen molar-refractivity contribution in [2.45, 2.75) is 51.1 Å². The van der Waals surface area contributed by atoms with Crippen LogP contribution in [0, 0.1) is 6.92 Å². The zero-order valence-electron chi connectivity index (χ0n) is 15.2. The topological polar surface area (TPSA) is 43.8 Å². The molecule has 130 valence electrons. The Morgan fingerprint density at radius 3 is 2.52 bits per heavy atom. The minimum Gasteiger partial charge on any atom is -0.354 e. The van der Waals surface area contributed by atoms with Crippen molar-refractivity contribution in [3.63, 3.8) is 0 Å². The van der Waals surface area contributed by atoms with Gasteiger partial charge in [-0.2, -0.15) is 0 Å². The van der Waals surface area contributed by atoms with Gasteiger partial charge in [0.1, 0.15) is 0 Å². The van der Waals surface area contributed by atoms with Crippen molar-refractivity contribution < 1.29 is 0 Å². The summed E-state index contributed by atoms with van der Waals surface area (Å²) in [6.45, 7) is 3.79. The smallest absolute Gasteiger partial charge is 0.193 e. The first kappa shape index (κ1) is 18.2. The molecule has 1 N–H and O–H groups in total. The molecule has 0 radical (unpaired) electrons. The standard InChI is InChI=1S/C17H31N5S/c1-14-20-15(12-23-14)11-22(5)16(18-2)19-13-17(21(3)4)9-7-6-8-10-17/h12H,6-11,13H2,1-5H3,(H,18,19). The number of hydrogen-bond acceptors (Lipinski definition) is 4. The normalized spacial score (nSPS) is 18.3. The van der Waals surface area contributed by atoms with Gasteiger partial charge in [-0.25, -0.2) is 4.98 Å². The van der Waals surface area contributed by atoms with Gasteiger partial charge in [0, 0.05) is 31.6 Å². The van der Waals surface area contributed by atoms with Crippen LogP contribution in [0.15, 0.2) is 10.4 Å². The highest BCUT2D eigenvalue weighted by Crippen LogP contribution is 2.31. The second-order valence-corrected chi connectivity index (χ2v) is 7.86. The molecule has 0 aromatic carbocycles. The van der Waals surface area contributed by atoms with E-state index in [1.165, 1.54) is 32.1 Å². The number of aromatic nitrogens is 1. The third-order valence-corrected chi connectivity index (χ3v) is 5.77. The third kappa shape index (κ3) is 4.67. The molecule has 1 aliphatic rings. The lowest BCUT2D eigenvalue weighted by atomic mass is 9.80. The number of nitrogens with zero attached hydrogens (tertiary/aromatic N) is 4. The molecule has 6 heteroatoms. The van der Waals surface area contributed by atoms with E-state index in [2.05, 4.69) is 51.6 Å². The number of nitrogens with one attached hydrogen (secondary N) is 1. The van der Waals surface area contributed by atoms with Gasteiger partial charge in [-0.05, 0) is 33.9 Å². The predicted octanol–water partition coefficient (Wildman–Crippen LogP) is 2.72. The van der Waals surface area contributed by atoms with Crippen LogP contribution >= 0.6 is 11.3 Å². The van der Waals surface area contributed by atoms with Crippen LogP contribution in [0.1, 0.15) is 42.8 Å². The molecule has 1 fully saturated rings. The molecule has 1 aromatic heterocycles. The Labute approximate surface area is 144 Å².